The topological polar surface area (TPSA) is 61.7 Å². The van der Waals surface area contributed by atoms with Crippen LogP contribution in [0.15, 0.2) is 0 Å². The number of ether oxygens (including phenoxy) is 1. The molecule has 15 heavy (non-hydrogen) atoms. The number of aliphatic hydroxyl groups excluding tert-OH is 2. The molecule has 0 heterocycles. The van der Waals surface area contributed by atoms with E-state index >= 15 is 0 Å². The van der Waals surface area contributed by atoms with Crippen molar-refractivity contribution < 1.29 is 14.9 Å². The zero-order chi connectivity index (χ0) is 12.3. The molecule has 0 aliphatic carbocycles. The molecule has 0 amide bonds. The van der Waals surface area contributed by atoms with E-state index in [2.05, 4.69) is 5.32 Å². The Morgan fingerprint density at radius 2 is 1.53 bits per heavy atom. The maximum Gasteiger partial charge on any atom is 0.214 e. The molecular formula is C11H25NO3. The zero-order valence-corrected chi connectivity index (χ0v) is 10.7. The summed E-state index contributed by atoms with van der Waals surface area (Å²) in [6.45, 7) is 11.7. The molecule has 0 aromatic rings. The average Bonchev–Trinajstić information content (AvgIpc) is 1.94. The first-order valence-electron chi connectivity index (χ1n) is 5.30. The van der Waals surface area contributed by atoms with E-state index in [-0.39, 0.29) is 5.41 Å². The Kier molecular flexibility index (Phi) is 5.20. The van der Waals surface area contributed by atoms with Gasteiger partial charge in [-0.3, -0.25) is 5.32 Å². The third-order valence-corrected chi connectivity index (χ3v) is 1.95. The van der Waals surface area contributed by atoms with Crippen LogP contribution in [0.4, 0.5) is 0 Å². The van der Waals surface area contributed by atoms with Crippen molar-refractivity contribution in [3.63, 3.8) is 0 Å². The van der Waals surface area contributed by atoms with Gasteiger partial charge in [-0.05, 0) is 26.2 Å². The van der Waals surface area contributed by atoms with Gasteiger partial charge in [0.2, 0.25) is 6.41 Å². The first-order chi connectivity index (χ1) is 6.52. The van der Waals surface area contributed by atoms with Gasteiger partial charge in [-0.2, -0.15) is 0 Å². The predicted octanol–water partition coefficient (Wildman–Crippen LogP) is 1.07. The van der Waals surface area contributed by atoms with E-state index in [0.717, 1.165) is 0 Å². The van der Waals surface area contributed by atoms with Crippen molar-refractivity contribution in [1.29, 1.82) is 0 Å². The monoisotopic (exact) mass is 219 g/mol. The smallest absolute Gasteiger partial charge is 0.214 e. The molecule has 0 bridgehead atoms. The fourth-order valence-corrected chi connectivity index (χ4v) is 0.895. The summed E-state index contributed by atoms with van der Waals surface area (Å²) in [7, 11) is 0. The van der Waals surface area contributed by atoms with Crippen LogP contribution >= 0.6 is 0 Å². The van der Waals surface area contributed by atoms with Gasteiger partial charge in [0.15, 0.2) is 0 Å². The van der Waals surface area contributed by atoms with Gasteiger partial charge in [0.25, 0.3) is 0 Å². The van der Waals surface area contributed by atoms with E-state index in [1.807, 2.05) is 41.5 Å². The number of nitrogens with one attached hydrogen (secondary N) is 1. The summed E-state index contributed by atoms with van der Waals surface area (Å²) < 4.78 is 5.23. The van der Waals surface area contributed by atoms with E-state index in [1.165, 1.54) is 0 Å². The van der Waals surface area contributed by atoms with Crippen LogP contribution in [0.3, 0.4) is 0 Å². The molecule has 0 saturated heterocycles. The summed E-state index contributed by atoms with van der Waals surface area (Å²) in [6.07, 6.45) is -1.56. The summed E-state index contributed by atoms with van der Waals surface area (Å²) in [5.41, 5.74) is -0.604. The summed E-state index contributed by atoms with van der Waals surface area (Å²) in [6, 6.07) is 0. The van der Waals surface area contributed by atoms with Crippen LogP contribution in [-0.4, -0.2) is 34.9 Å². The molecule has 0 spiro atoms. The van der Waals surface area contributed by atoms with E-state index in [4.69, 9.17) is 4.74 Å². The lowest BCUT2D eigenvalue weighted by Crippen LogP contribution is -2.44. The van der Waals surface area contributed by atoms with Gasteiger partial charge >= 0.3 is 0 Å². The highest BCUT2D eigenvalue weighted by Gasteiger charge is 2.23. The number of aliphatic hydroxyl groups is 2. The van der Waals surface area contributed by atoms with Crippen LogP contribution in [0.5, 0.6) is 0 Å². The lowest BCUT2D eigenvalue weighted by Gasteiger charge is -2.29. The molecule has 0 aliphatic rings. The van der Waals surface area contributed by atoms with E-state index in [1.54, 1.807) is 0 Å². The van der Waals surface area contributed by atoms with E-state index in [9.17, 15) is 10.2 Å². The normalized spacial score (nSPS) is 17.6. The third-order valence-electron chi connectivity index (χ3n) is 1.95. The maximum absolute atomic E-state index is 9.70. The molecule has 2 atom stereocenters. The van der Waals surface area contributed by atoms with Crippen molar-refractivity contribution in [3.05, 3.63) is 0 Å². The molecular weight excluding hydrogens is 194 g/mol. The Bertz CT molecular complexity index is 181. The van der Waals surface area contributed by atoms with Gasteiger partial charge in [0, 0.05) is 6.54 Å². The Morgan fingerprint density at radius 1 is 1.07 bits per heavy atom. The molecule has 0 saturated carbocycles. The summed E-state index contributed by atoms with van der Waals surface area (Å²) in [5, 5.41) is 21.9. The average molecular weight is 219 g/mol. The van der Waals surface area contributed by atoms with Gasteiger partial charge in [-0.25, -0.2) is 0 Å². The van der Waals surface area contributed by atoms with Crippen LogP contribution in [0.25, 0.3) is 0 Å². The molecule has 2 unspecified atom stereocenters. The first-order valence-corrected chi connectivity index (χ1v) is 5.30. The molecule has 4 heteroatoms. The summed E-state index contributed by atoms with van der Waals surface area (Å²) >= 11 is 0. The van der Waals surface area contributed by atoms with Gasteiger partial charge in [0.05, 0.1) is 11.7 Å². The Hall–Kier alpha value is -0.160. The standard InChI is InChI=1S/C11H25NO3/c1-10(2,3)8(13)7-12-9(14)15-11(4,5)6/h8-9,12-14H,7H2,1-6H3. The summed E-state index contributed by atoms with van der Waals surface area (Å²) in [4.78, 5) is 0. The number of hydrogen-bond acceptors (Lipinski definition) is 4. The van der Waals surface area contributed by atoms with Crippen LogP contribution in [0.1, 0.15) is 41.5 Å². The summed E-state index contributed by atoms with van der Waals surface area (Å²) in [5.74, 6) is 0. The second-order valence-electron chi connectivity index (χ2n) is 5.87. The molecule has 0 aliphatic heterocycles. The lowest BCUT2D eigenvalue weighted by atomic mass is 9.89. The van der Waals surface area contributed by atoms with E-state index < -0.39 is 18.1 Å². The van der Waals surface area contributed by atoms with Crippen LogP contribution < -0.4 is 5.32 Å². The minimum Gasteiger partial charge on any atom is -0.391 e. The molecule has 0 aromatic heterocycles. The first kappa shape index (κ1) is 14.8. The van der Waals surface area contributed by atoms with Crippen molar-refractivity contribution >= 4 is 0 Å². The highest BCUT2D eigenvalue weighted by Crippen LogP contribution is 2.18. The van der Waals surface area contributed by atoms with Crippen LogP contribution in [0.2, 0.25) is 0 Å². The maximum atomic E-state index is 9.70. The quantitative estimate of drug-likeness (QED) is 0.619. The third kappa shape index (κ3) is 7.73. The Labute approximate surface area is 92.6 Å². The molecule has 0 radical (unpaired) electrons. The fraction of sp³-hybridized carbons (Fsp3) is 1.00. The molecule has 3 N–H and O–H groups in total. The highest BCUT2D eigenvalue weighted by molar-refractivity contribution is 4.74. The minimum atomic E-state index is -1.04. The van der Waals surface area contributed by atoms with Crippen molar-refractivity contribution in [3.8, 4) is 0 Å². The minimum absolute atomic E-state index is 0.200. The Morgan fingerprint density at radius 3 is 1.87 bits per heavy atom. The SMILES string of the molecule is CC(C)(C)OC(O)NCC(O)C(C)(C)C. The number of hydrogen-bond donors (Lipinski definition) is 3. The molecule has 4 nitrogen and oxygen atoms in total. The van der Waals surface area contributed by atoms with Crippen molar-refractivity contribution in [2.24, 2.45) is 5.41 Å². The second kappa shape index (κ2) is 5.25. The molecule has 92 valence electrons. The largest absolute Gasteiger partial charge is 0.391 e. The second-order valence-corrected chi connectivity index (χ2v) is 5.87. The van der Waals surface area contributed by atoms with Crippen molar-refractivity contribution in [2.45, 2.75) is 59.7 Å². The lowest BCUT2D eigenvalue weighted by molar-refractivity contribution is -0.184. The van der Waals surface area contributed by atoms with Gasteiger partial charge in [-0.15, -0.1) is 0 Å². The molecule has 0 fully saturated rings. The van der Waals surface area contributed by atoms with Gasteiger partial charge in [0.1, 0.15) is 0 Å². The highest BCUT2D eigenvalue weighted by atomic mass is 16.6. The van der Waals surface area contributed by atoms with E-state index in [0.29, 0.717) is 6.54 Å². The zero-order valence-electron chi connectivity index (χ0n) is 10.7. The molecule has 0 rings (SSSR count). The fourth-order valence-electron chi connectivity index (χ4n) is 0.895. The molecule has 0 aromatic carbocycles. The van der Waals surface area contributed by atoms with Crippen molar-refractivity contribution in [2.75, 3.05) is 6.54 Å². The van der Waals surface area contributed by atoms with Gasteiger partial charge in [-0.1, -0.05) is 20.8 Å². The van der Waals surface area contributed by atoms with Crippen LogP contribution in [0, 0.1) is 5.41 Å². The Balaban J connectivity index is 3.87. The predicted molar refractivity (Wildman–Crippen MR) is 60.3 cm³/mol. The van der Waals surface area contributed by atoms with Gasteiger partial charge < -0.3 is 14.9 Å². The van der Waals surface area contributed by atoms with Crippen molar-refractivity contribution in [1.82, 2.24) is 5.32 Å². The van der Waals surface area contributed by atoms with Crippen LogP contribution in [-0.2, 0) is 4.74 Å². The number of rotatable bonds is 4.